The first kappa shape index (κ1) is 6.67. The van der Waals surface area contributed by atoms with Crippen molar-refractivity contribution in [3.63, 3.8) is 0 Å². The molecule has 4 heteroatoms. The van der Waals surface area contributed by atoms with Crippen LogP contribution in [0.5, 0.6) is 0 Å². The number of aliphatic imine (C=N–C) groups is 1. The van der Waals surface area contributed by atoms with Crippen molar-refractivity contribution in [2.24, 2.45) is 4.99 Å². The summed E-state index contributed by atoms with van der Waals surface area (Å²) in [4.78, 5) is 11.4. The molecule has 1 aromatic rings. The van der Waals surface area contributed by atoms with E-state index in [0.29, 0.717) is 11.5 Å². The van der Waals surface area contributed by atoms with Crippen LogP contribution in [0, 0.1) is 0 Å². The zero-order chi connectivity index (χ0) is 7.40. The van der Waals surface area contributed by atoms with Gasteiger partial charge < -0.3 is 5.32 Å². The molecule has 0 fully saturated rings. The van der Waals surface area contributed by atoms with Crippen molar-refractivity contribution in [2.45, 2.75) is 0 Å². The molecule has 0 spiro atoms. The van der Waals surface area contributed by atoms with E-state index in [2.05, 4.69) is 27.0 Å². The molecule has 0 saturated carbocycles. The van der Waals surface area contributed by atoms with Crippen LogP contribution >= 0.6 is 0 Å². The molecule has 0 amide bonds. The lowest BCUT2D eigenvalue weighted by Crippen LogP contribution is -1.92. The molecule has 1 aromatic heterocycles. The Morgan fingerprint density at radius 2 is 2.50 bits per heavy atom. The van der Waals surface area contributed by atoms with E-state index in [4.69, 9.17) is 0 Å². The van der Waals surface area contributed by atoms with Gasteiger partial charge in [-0.25, -0.2) is 9.97 Å². The highest BCUT2D eigenvalue weighted by atomic mass is 15.0. The number of nitrogens with zero attached hydrogens (tertiary/aromatic N) is 3. The summed E-state index contributed by atoms with van der Waals surface area (Å²) in [5.74, 6) is 0.699. The lowest BCUT2D eigenvalue weighted by Gasteiger charge is -1.99. The highest BCUT2D eigenvalue weighted by Crippen LogP contribution is 2.17. The minimum Gasteiger partial charge on any atom is -0.371 e. The van der Waals surface area contributed by atoms with Gasteiger partial charge in [0.2, 0.25) is 0 Å². The van der Waals surface area contributed by atoms with Gasteiger partial charge in [0.15, 0.2) is 5.82 Å². The third-order valence-corrected chi connectivity index (χ3v) is 1.10. The predicted octanol–water partition coefficient (Wildman–Crippen LogP) is 0.850. The summed E-state index contributed by atoms with van der Waals surface area (Å²) in [6.45, 7) is 3.37. The molecule has 0 atom stereocenters. The molecule has 0 radical (unpaired) electrons. The Labute approximate surface area is 59.0 Å². The predicted molar refractivity (Wildman–Crippen MR) is 40.8 cm³/mol. The van der Waals surface area contributed by atoms with Crippen molar-refractivity contribution in [3.8, 4) is 0 Å². The molecule has 0 aliphatic heterocycles. The van der Waals surface area contributed by atoms with Gasteiger partial charge in [0, 0.05) is 7.05 Å². The van der Waals surface area contributed by atoms with Gasteiger partial charge in [-0.1, -0.05) is 0 Å². The van der Waals surface area contributed by atoms with Gasteiger partial charge in [0.25, 0.3) is 0 Å². The van der Waals surface area contributed by atoms with E-state index < -0.39 is 0 Å². The summed E-state index contributed by atoms with van der Waals surface area (Å²) in [5, 5.41) is 2.86. The first-order chi connectivity index (χ1) is 4.88. The van der Waals surface area contributed by atoms with Crippen molar-refractivity contribution in [2.75, 3.05) is 12.4 Å². The number of hydrogen-bond acceptors (Lipinski definition) is 4. The van der Waals surface area contributed by atoms with Crippen LogP contribution in [0.1, 0.15) is 0 Å². The van der Waals surface area contributed by atoms with Gasteiger partial charge in [0.05, 0.1) is 6.20 Å². The van der Waals surface area contributed by atoms with Gasteiger partial charge in [0.1, 0.15) is 12.0 Å². The second-order valence-corrected chi connectivity index (χ2v) is 1.66. The van der Waals surface area contributed by atoms with Crippen LogP contribution in [0.2, 0.25) is 0 Å². The van der Waals surface area contributed by atoms with Gasteiger partial charge in [-0.2, -0.15) is 0 Å². The maximum absolute atomic E-state index is 3.91. The highest BCUT2D eigenvalue weighted by Gasteiger charge is 1.95. The van der Waals surface area contributed by atoms with E-state index in [-0.39, 0.29) is 0 Å². The van der Waals surface area contributed by atoms with E-state index in [0.717, 1.165) is 0 Å². The SMILES string of the molecule is C=Nc1cncnc1NC. The molecule has 0 saturated heterocycles. The van der Waals surface area contributed by atoms with Crippen LogP contribution in [0.15, 0.2) is 17.5 Å². The molecule has 1 rings (SSSR count). The Balaban J connectivity index is 3.08. The normalized spacial score (nSPS) is 8.90. The first-order valence-electron chi connectivity index (χ1n) is 2.83. The standard InChI is InChI=1S/C6H8N4/c1-7-5-3-9-4-10-6(5)8-2/h3-4H,1H2,2H3,(H,8,9,10). The molecular weight excluding hydrogens is 128 g/mol. The summed E-state index contributed by atoms with van der Waals surface area (Å²) < 4.78 is 0. The van der Waals surface area contributed by atoms with Crippen LogP contribution in [0.4, 0.5) is 11.5 Å². The van der Waals surface area contributed by atoms with E-state index >= 15 is 0 Å². The summed E-state index contributed by atoms with van der Waals surface area (Å²) in [7, 11) is 1.77. The van der Waals surface area contributed by atoms with E-state index in [1.807, 2.05) is 0 Å². The molecule has 0 unspecified atom stereocenters. The smallest absolute Gasteiger partial charge is 0.155 e. The van der Waals surface area contributed by atoms with Gasteiger partial charge in [-0.3, -0.25) is 4.99 Å². The zero-order valence-electron chi connectivity index (χ0n) is 5.70. The van der Waals surface area contributed by atoms with Crippen LogP contribution in [0.25, 0.3) is 0 Å². The third kappa shape index (κ3) is 1.10. The Bertz CT molecular complexity index is 233. The molecule has 52 valence electrons. The molecular formula is C6H8N4. The zero-order valence-corrected chi connectivity index (χ0v) is 5.70. The molecule has 4 nitrogen and oxygen atoms in total. The third-order valence-electron chi connectivity index (χ3n) is 1.10. The molecule has 1 heterocycles. The molecule has 0 aliphatic carbocycles. The van der Waals surface area contributed by atoms with Crippen molar-refractivity contribution in [3.05, 3.63) is 12.5 Å². The maximum atomic E-state index is 3.91. The van der Waals surface area contributed by atoms with E-state index in [9.17, 15) is 0 Å². The molecule has 10 heavy (non-hydrogen) atoms. The molecule has 1 N–H and O–H groups in total. The maximum Gasteiger partial charge on any atom is 0.155 e. The summed E-state index contributed by atoms with van der Waals surface area (Å²) in [6.07, 6.45) is 3.06. The van der Waals surface area contributed by atoms with Crippen molar-refractivity contribution >= 4 is 18.2 Å². The lowest BCUT2D eigenvalue weighted by atomic mass is 10.5. The monoisotopic (exact) mass is 136 g/mol. The fourth-order valence-corrected chi connectivity index (χ4v) is 0.631. The fraction of sp³-hybridized carbons (Fsp3) is 0.167. The van der Waals surface area contributed by atoms with Crippen molar-refractivity contribution in [1.82, 2.24) is 9.97 Å². The van der Waals surface area contributed by atoms with Gasteiger partial charge >= 0.3 is 0 Å². The van der Waals surface area contributed by atoms with Gasteiger partial charge in [-0.15, -0.1) is 0 Å². The second-order valence-electron chi connectivity index (χ2n) is 1.66. The number of anilines is 1. The minimum absolute atomic E-state index is 0.671. The minimum atomic E-state index is 0.671. The Morgan fingerprint density at radius 3 is 3.00 bits per heavy atom. The average Bonchev–Trinajstić information content (AvgIpc) is 2.04. The Hall–Kier alpha value is -1.45. The Kier molecular flexibility index (Phi) is 1.94. The Morgan fingerprint density at radius 1 is 1.70 bits per heavy atom. The fourth-order valence-electron chi connectivity index (χ4n) is 0.631. The number of hydrogen-bond donors (Lipinski definition) is 1. The van der Waals surface area contributed by atoms with Crippen LogP contribution in [-0.2, 0) is 0 Å². The summed E-state index contributed by atoms with van der Waals surface area (Å²) in [6, 6.07) is 0. The number of nitrogens with one attached hydrogen (secondary N) is 1. The molecule has 0 aromatic carbocycles. The highest BCUT2D eigenvalue weighted by molar-refractivity contribution is 5.61. The van der Waals surface area contributed by atoms with Crippen LogP contribution in [0.3, 0.4) is 0 Å². The topological polar surface area (TPSA) is 50.2 Å². The number of rotatable bonds is 2. The molecule has 0 bridgehead atoms. The largest absolute Gasteiger partial charge is 0.371 e. The summed E-state index contributed by atoms with van der Waals surface area (Å²) >= 11 is 0. The van der Waals surface area contributed by atoms with Gasteiger partial charge in [-0.05, 0) is 6.72 Å². The summed E-state index contributed by atoms with van der Waals surface area (Å²) in [5.41, 5.74) is 0.671. The first-order valence-corrected chi connectivity index (χ1v) is 2.83. The van der Waals surface area contributed by atoms with Crippen LogP contribution < -0.4 is 5.32 Å². The second kappa shape index (κ2) is 2.91. The number of aromatic nitrogens is 2. The van der Waals surface area contributed by atoms with Crippen molar-refractivity contribution < 1.29 is 0 Å². The van der Waals surface area contributed by atoms with Crippen molar-refractivity contribution in [1.29, 1.82) is 0 Å². The van der Waals surface area contributed by atoms with Crippen LogP contribution in [-0.4, -0.2) is 23.7 Å². The average molecular weight is 136 g/mol. The quantitative estimate of drug-likeness (QED) is 0.613. The molecule has 0 aliphatic rings. The van der Waals surface area contributed by atoms with E-state index in [1.54, 1.807) is 13.2 Å². The van der Waals surface area contributed by atoms with E-state index in [1.165, 1.54) is 6.33 Å². The lowest BCUT2D eigenvalue weighted by molar-refractivity contribution is 1.15.